The summed E-state index contributed by atoms with van der Waals surface area (Å²) in [6.45, 7) is 6.26. The Morgan fingerprint density at radius 2 is 0.600 bits per heavy atom. The Bertz CT molecular complexity index is 1400. The zero-order valence-corrected chi connectivity index (χ0v) is 41.7. The summed E-state index contributed by atoms with van der Waals surface area (Å²) >= 11 is 0. The van der Waals surface area contributed by atoms with Crippen LogP contribution >= 0.6 is 0 Å². The Morgan fingerprint density at radius 3 is 0.969 bits per heavy atom. The highest BCUT2D eigenvalue weighted by Gasteiger charge is 2.19. The molecular weight excluding hydrogens is 805 g/mol. The fourth-order valence-corrected chi connectivity index (χ4v) is 6.75. The lowest BCUT2D eigenvalue weighted by atomic mass is 10.1. The van der Waals surface area contributed by atoms with Crippen molar-refractivity contribution in [2.75, 3.05) is 13.2 Å². The van der Waals surface area contributed by atoms with Crippen LogP contribution in [0.3, 0.4) is 0 Å². The maximum atomic E-state index is 12.8. The van der Waals surface area contributed by atoms with E-state index >= 15 is 0 Å². The van der Waals surface area contributed by atoms with E-state index in [9.17, 15) is 14.4 Å². The monoisotopic (exact) mass is 899 g/mol. The number of ether oxygens (including phenoxy) is 3. The molecular formula is C59H94O6. The van der Waals surface area contributed by atoms with Gasteiger partial charge >= 0.3 is 17.9 Å². The zero-order valence-electron chi connectivity index (χ0n) is 41.7. The van der Waals surface area contributed by atoms with Gasteiger partial charge in [0.1, 0.15) is 13.2 Å². The molecule has 0 bridgehead atoms. The lowest BCUT2D eigenvalue weighted by Crippen LogP contribution is -2.30. The van der Waals surface area contributed by atoms with Crippen LogP contribution in [0.4, 0.5) is 0 Å². The van der Waals surface area contributed by atoms with Gasteiger partial charge in [0.05, 0.1) is 0 Å². The molecule has 0 fully saturated rings. The molecule has 0 aromatic heterocycles. The number of allylic oxidation sites excluding steroid dienone is 20. The minimum Gasteiger partial charge on any atom is -0.462 e. The van der Waals surface area contributed by atoms with Gasteiger partial charge in [-0.15, -0.1) is 0 Å². The molecule has 0 aliphatic heterocycles. The molecule has 0 amide bonds. The largest absolute Gasteiger partial charge is 0.462 e. The van der Waals surface area contributed by atoms with E-state index < -0.39 is 6.10 Å². The molecule has 0 saturated heterocycles. The Kier molecular flexibility index (Phi) is 49.1. The number of hydrogen-bond acceptors (Lipinski definition) is 6. The van der Waals surface area contributed by atoms with E-state index in [1.807, 2.05) is 48.6 Å². The topological polar surface area (TPSA) is 78.9 Å². The number of esters is 3. The van der Waals surface area contributed by atoms with E-state index in [1.165, 1.54) is 77.0 Å². The molecule has 6 heteroatoms. The van der Waals surface area contributed by atoms with Crippen LogP contribution in [0.25, 0.3) is 0 Å². The van der Waals surface area contributed by atoms with Gasteiger partial charge in [0.15, 0.2) is 6.10 Å². The highest BCUT2D eigenvalue weighted by Crippen LogP contribution is 2.14. The second-order valence-corrected chi connectivity index (χ2v) is 16.9. The van der Waals surface area contributed by atoms with Crippen LogP contribution in [0.2, 0.25) is 0 Å². The molecule has 0 aromatic rings. The van der Waals surface area contributed by atoms with Crippen LogP contribution in [-0.4, -0.2) is 37.2 Å². The maximum Gasteiger partial charge on any atom is 0.306 e. The summed E-state index contributed by atoms with van der Waals surface area (Å²) in [6, 6.07) is 0. The van der Waals surface area contributed by atoms with Crippen LogP contribution in [0.5, 0.6) is 0 Å². The Hall–Kier alpha value is -4.19. The predicted molar refractivity (Wildman–Crippen MR) is 279 cm³/mol. The number of unbranched alkanes of at least 4 members (excludes halogenated alkanes) is 21. The van der Waals surface area contributed by atoms with Gasteiger partial charge in [-0.05, 0) is 83.5 Å². The van der Waals surface area contributed by atoms with Gasteiger partial charge in [0.2, 0.25) is 0 Å². The zero-order chi connectivity index (χ0) is 47.2. The molecule has 0 heterocycles. The molecule has 1 unspecified atom stereocenters. The summed E-state index contributed by atoms with van der Waals surface area (Å²) in [5, 5.41) is 0. The first kappa shape index (κ1) is 60.8. The highest BCUT2D eigenvalue weighted by atomic mass is 16.6. The van der Waals surface area contributed by atoms with Gasteiger partial charge in [-0.3, -0.25) is 14.4 Å². The van der Waals surface area contributed by atoms with Crippen molar-refractivity contribution >= 4 is 17.9 Å². The first-order valence-electron chi connectivity index (χ1n) is 26.2. The van der Waals surface area contributed by atoms with Gasteiger partial charge in [0, 0.05) is 19.3 Å². The van der Waals surface area contributed by atoms with E-state index in [1.54, 1.807) is 0 Å². The van der Waals surface area contributed by atoms with Gasteiger partial charge in [0.25, 0.3) is 0 Å². The standard InChI is InChI=1S/C59H94O6/c1-4-7-10-13-16-19-22-25-27-28-29-30-32-34-37-40-43-46-49-52-58(61)64-55-56(54-63-57(60)51-48-45-42-39-36-33-24-21-18-15-12-9-6-3)65-59(62)53-50-47-44-41-38-35-31-26-23-20-17-14-11-8-5-2/h8-9,11-12,14-26,31,35,38,56H,4-7,10,13,27-30,32-34,36-37,39-55H2,1-3H3/b11-8+,12-9+,17-14+,18-15+,19-16+,23-20+,24-21+,25-22+,31-26+,38-35+. The first-order valence-corrected chi connectivity index (χ1v) is 26.2. The Balaban J connectivity index is 4.48. The average molecular weight is 899 g/mol. The first-order chi connectivity index (χ1) is 32.0. The summed E-state index contributed by atoms with van der Waals surface area (Å²) in [5.41, 5.74) is 0. The molecule has 1 atom stereocenters. The Labute approximate surface area is 399 Å². The number of rotatable bonds is 45. The fraction of sp³-hybridized carbons (Fsp3) is 0.610. The summed E-state index contributed by atoms with van der Waals surface area (Å²) in [4.78, 5) is 38.0. The predicted octanol–water partition coefficient (Wildman–Crippen LogP) is 17.3. The van der Waals surface area contributed by atoms with Crippen LogP contribution in [0, 0.1) is 0 Å². The van der Waals surface area contributed by atoms with Crippen molar-refractivity contribution < 1.29 is 28.6 Å². The molecule has 65 heavy (non-hydrogen) atoms. The van der Waals surface area contributed by atoms with Crippen molar-refractivity contribution in [2.24, 2.45) is 0 Å². The van der Waals surface area contributed by atoms with E-state index in [4.69, 9.17) is 14.2 Å². The number of carbonyl (C=O) groups is 3. The summed E-state index contributed by atoms with van der Waals surface area (Å²) in [6.07, 6.45) is 71.8. The van der Waals surface area contributed by atoms with Crippen molar-refractivity contribution in [1.29, 1.82) is 0 Å². The summed E-state index contributed by atoms with van der Waals surface area (Å²) in [7, 11) is 0. The summed E-state index contributed by atoms with van der Waals surface area (Å²) < 4.78 is 16.7. The second kappa shape index (κ2) is 52.4. The maximum absolute atomic E-state index is 12.8. The quantitative estimate of drug-likeness (QED) is 0.0262. The lowest BCUT2D eigenvalue weighted by molar-refractivity contribution is -0.167. The molecule has 0 aliphatic carbocycles. The number of carbonyl (C=O) groups excluding carboxylic acids is 3. The second-order valence-electron chi connectivity index (χ2n) is 16.9. The van der Waals surface area contributed by atoms with E-state index in [0.717, 1.165) is 89.9 Å². The molecule has 0 aromatic carbocycles. The lowest BCUT2D eigenvalue weighted by Gasteiger charge is -2.18. The fourth-order valence-electron chi connectivity index (χ4n) is 6.75. The minimum absolute atomic E-state index is 0.107. The van der Waals surface area contributed by atoms with Crippen LogP contribution in [0.1, 0.15) is 213 Å². The van der Waals surface area contributed by atoms with Crippen molar-refractivity contribution in [3.05, 3.63) is 122 Å². The van der Waals surface area contributed by atoms with Crippen molar-refractivity contribution in [3.8, 4) is 0 Å². The molecule has 0 saturated carbocycles. The minimum atomic E-state index is -0.813. The molecule has 366 valence electrons. The van der Waals surface area contributed by atoms with Gasteiger partial charge in [-0.1, -0.05) is 232 Å². The van der Waals surface area contributed by atoms with Crippen molar-refractivity contribution in [2.45, 2.75) is 219 Å². The number of hydrogen-bond donors (Lipinski definition) is 0. The third kappa shape index (κ3) is 50.7. The SMILES string of the molecule is CC/C=C/C=C/C=C/C=C/C=C/CCCCCC(=O)OC(COC(=O)CCCCCCC/C=C/C=C/C=C/CC)COC(=O)CCCCCCCCCCCC/C=C/C=C/CCCCC. The smallest absolute Gasteiger partial charge is 0.306 e. The normalized spacial score (nSPS) is 13.1. The molecule has 0 radical (unpaired) electrons. The molecule has 0 rings (SSSR count). The van der Waals surface area contributed by atoms with Crippen molar-refractivity contribution in [1.82, 2.24) is 0 Å². The van der Waals surface area contributed by atoms with Crippen LogP contribution in [0.15, 0.2) is 122 Å². The highest BCUT2D eigenvalue weighted by molar-refractivity contribution is 5.71. The van der Waals surface area contributed by atoms with E-state index in [0.29, 0.717) is 19.3 Å². The van der Waals surface area contributed by atoms with Crippen LogP contribution in [-0.2, 0) is 28.6 Å². The van der Waals surface area contributed by atoms with E-state index in [-0.39, 0.29) is 37.5 Å². The van der Waals surface area contributed by atoms with Crippen molar-refractivity contribution in [3.63, 3.8) is 0 Å². The van der Waals surface area contributed by atoms with Gasteiger partial charge < -0.3 is 14.2 Å². The summed E-state index contributed by atoms with van der Waals surface area (Å²) in [5.74, 6) is -0.981. The average Bonchev–Trinajstić information content (AvgIpc) is 3.30. The van der Waals surface area contributed by atoms with Crippen LogP contribution < -0.4 is 0 Å². The molecule has 0 spiro atoms. The molecule has 0 aliphatic rings. The molecule has 0 N–H and O–H groups in total. The van der Waals surface area contributed by atoms with Gasteiger partial charge in [-0.25, -0.2) is 0 Å². The van der Waals surface area contributed by atoms with Gasteiger partial charge in [-0.2, -0.15) is 0 Å². The third-order valence-electron chi connectivity index (χ3n) is 10.6. The van der Waals surface area contributed by atoms with E-state index in [2.05, 4.69) is 93.7 Å². The molecule has 6 nitrogen and oxygen atoms in total. The Morgan fingerprint density at radius 1 is 0.323 bits per heavy atom. The third-order valence-corrected chi connectivity index (χ3v) is 10.6.